The standard InChI is InChI=1S/C20H29FN2O/c1-14(2)12-22-20(24)18-9-17(10-18)15-5-6-16(19(21)11-15)13-23-7-3-4-8-23/h5-6,11,14,17-18H,3-4,7-10,12-13H2,1-2H3,(H,22,24)/t17-,18-. The second-order valence-electron chi connectivity index (χ2n) is 7.84. The number of hydrogen-bond donors (Lipinski definition) is 1. The van der Waals surface area contributed by atoms with Crippen molar-refractivity contribution in [2.24, 2.45) is 11.8 Å². The van der Waals surface area contributed by atoms with Crippen LogP contribution in [0, 0.1) is 17.7 Å². The molecule has 1 heterocycles. The van der Waals surface area contributed by atoms with E-state index in [2.05, 4.69) is 30.1 Å². The van der Waals surface area contributed by atoms with Crippen molar-refractivity contribution < 1.29 is 9.18 Å². The number of nitrogens with one attached hydrogen (secondary N) is 1. The molecule has 1 aliphatic carbocycles. The molecule has 1 amide bonds. The van der Waals surface area contributed by atoms with Gasteiger partial charge in [0.25, 0.3) is 0 Å². The smallest absolute Gasteiger partial charge is 0.223 e. The van der Waals surface area contributed by atoms with Crippen molar-refractivity contribution in [1.82, 2.24) is 10.2 Å². The maximum Gasteiger partial charge on any atom is 0.223 e. The highest BCUT2D eigenvalue weighted by atomic mass is 19.1. The topological polar surface area (TPSA) is 32.3 Å². The first-order chi connectivity index (χ1) is 11.5. The van der Waals surface area contributed by atoms with Gasteiger partial charge in [0.2, 0.25) is 5.91 Å². The first-order valence-electron chi connectivity index (χ1n) is 9.31. The summed E-state index contributed by atoms with van der Waals surface area (Å²) in [7, 11) is 0. The third kappa shape index (κ3) is 4.15. The summed E-state index contributed by atoms with van der Waals surface area (Å²) in [5.41, 5.74) is 1.84. The molecule has 0 atom stereocenters. The van der Waals surface area contributed by atoms with Crippen molar-refractivity contribution in [1.29, 1.82) is 0 Å². The zero-order valence-electron chi connectivity index (χ0n) is 14.9. The second kappa shape index (κ2) is 7.64. The highest BCUT2D eigenvalue weighted by Gasteiger charge is 2.35. The molecule has 24 heavy (non-hydrogen) atoms. The Balaban J connectivity index is 1.51. The summed E-state index contributed by atoms with van der Waals surface area (Å²) in [6.45, 7) is 7.80. The minimum Gasteiger partial charge on any atom is -0.356 e. The fraction of sp³-hybridized carbons (Fsp3) is 0.650. The number of hydrogen-bond acceptors (Lipinski definition) is 2. The number of likely N-dealkylation sites (tertiary alicyclic amines) is 1. The minimum atomic E-state index is -0.0906. The van der Waals surface area contributed by atoms with E-state index in [1.807, 2.05) is 6.07 Å². The number of rotatable bonds is 6. The van der Waals surface area contributed by atoms with Gasteiger partial charge in [-0.15, -0.1) is 0 Å². The quantitative estimate of drug-likeness (QED) is 0.862. The molecule has 1 aromatic rings. The van der Waals surface area contributed by atoms with Crippen LogP contribution >= 0.6 is 0 Å². The van der Waals surface area contributed by atoms with Gasteiger partial charge in [-0.05, 0) is 62.2 Å². The van der Waals surface area contributed by atoms with Crippen LogP contribution in [0.25, 0.3) is 0 Å². The average Bonchev–Trinajstić information content (AvgIpc) is 2.99. The Hall–Kier alpha value is -1.42. The van der Waals surface area contributed by atoms with Crippen LogP contribution in [-0.2, 0) is 11.3 Å². The number of halogens is 1. The van der Waals surface area contributed by atoms with Crippen LogP contribution < -0.4 is 5.32 Å². The van der Waals surface area contributed by atoms with Crippen LogP contribution in [0.15, 0.2) is 18.2 Å². The van der Waals surface area contributed by atoms with E-state index < -0.39 is 0 Å². The molecule has 0 spiro atoms. The molecular formula is C20H29FN2O. The molecule has 132 valence electrons. The van der Waals surface area contributed by atoms with E-state index in [-0.39, 0.29) is 17.6 Å². The second-order valence-corrected chi connectivity index (χ2v) is 7.84. The first kappa shape index (κ1) is 17.4. The minimum absolute atomic E-state index is 0.0906. The van der Waals surface area contributed by atoms with E-state index in [1.54, 1.807) is 6.07 Å². The van der Waals surface area contributed by atoms with Gasteiger partial charge in [-0.2, -0.15) is 0 Å². The fourth-order valence-electron chi connectivity index (χ4n) is 3.68. The zero-order chi connectivity index (χ0) is 17.1. The van der Waals surface area contributed by atoms with Crippen LogP contribution in [0.3, 0.4) is 0 Å². The lowest BCUT2D eigenvalue weighted by molar-refractivity contribution is -0.128. The molecular weight excluding hydrogens is 303 g/mol. The van der Waals surface area contributed by atoms with E-state index in [0.717, 1.165) is 50.1 Å². The first-order valence-corrected chi connectivity index (χ1v) is 9.31. The van der Waals surface area contributed by atoms with Crippen molar-refractivity contribution in [2.75, 3.05) is 19.6 Å². The Morgan fingerprint density at radius 2 is 2.00 bits per heavy atom. The predicted octanol–water partition coefficient (Wildman–Crippen LogP) is 3.69. The molecule has 4 heteroatoms. The lowest BCUT2D eigenvalue weighted by Gasteiger charge is -2.35. The van der Waals surface area contributed by atoms with Gasteiger partial charge in [-0.3, -0.25) is 9.69 Å². The van der Waals surface area contributed by atoms with Gasteiger partial charge < -0.3 is 5.32 Å². The third-order valence-electron chi connectivity index (χ3n) is 5.33. The molecule has 0 radical (unpaired) electrons. The fourth-order valence-corrected chi connectivity index (χ4v) is 3.68. The lowest BCUT2D eigenvalue weighted by atomic mass is 9.71. The van der Waals surface area contributed by atoms with E-state index in [1.165, 1.54) is 12.8 Å². The van der Waals surface area contributed by atoms with E-state index >= 15 is 0 Å². The lowest BCUT2D eigenvalue weighted by Crippen LogP contribution is -2.39. The summed E-state index contributed by atoms with van der Waals surface area (Å²) in [6.07, 6.45) is 4.13. The Morgan fingerprint density at radius 3 is 2.62 bits per heavy atom. The summed E-state index contributed by atoms with van der Waals surface area (Å²) in [5.74, 6) is 0.969. The van der Waals surface area contributed by atoms with Crippen LogP contribution in [-0.4, -0.2) is 30.4 Å². The van der Waals surface area contributed by atoms with Crippen molar-refractivity contribution in [2.45, 2.75) is 52.0 Å². The van der Waals surface area contributed by atoms with Gasteiger partial charge in [0.05, 0.1) is 0 Å². The van der Waals surface area contributed by atoms with Crippen molar-refractivity contribution in [3.8, 4) is 0 Å². The van der Waals surface area contributed by atoms with Gasteiger partial charge in [0.1, 0.15) is 5.82 Å². The zero-order valence-corrected chi connectivity index (χ0v) is 14.9. The molecule has 0 aromatic heterocycles. The van der Waals surface area contributed by atoms with Crippen LogP contribution in [0.2, 0.25) is 0 Å². The average molecular weight is 332 g/mol. The molecule has 1 saturated carbocycles. The molecule has 1 saturated heterocycles. The van der Waals surface area contributed by atoms with Gasteiger partial charge in [-0.1, -0.05) is 26.0 Å². The van der Waals surface area contributed by atoms with Crippen LogP contribution in [0.1, 0.15) is 56.6 Å². The van der Waals surface area contributed by atoms with Gasteiger partial charge in [0, 0.05) is 24.6 Å². The maximum atomic E-state index is 14.4. The molecule has 1 aliphatic heterocycles. The molecule has 3 nitrogen and oxygen atoms in total. The summed E-state index contributed by atoms with van der Waals surface area (Å²) >= 11 is 0. The highest BCUT2D eigenvalue weighted by Crippen LogP contribution is 2.42. The van der Waals surface area contributed by atoms with Crippen LogP contribution in [0.5, 0.6) is 0 Å². The van der Waals surface area contributed by atoms with Gasteiger partial charge >= 0.3 is 0 Å². The Bertz CT molecular complexity index is 575. The number of nitrogens with zero attached hydrogens (tertiary/aromatic N) is 1. The Labute approximate surface area is 144 Å². The number of carbonyl (C=O) groups excluding carboxylic acids is 1. The predicted molar refractivity (Wildman–Crippen MR) is 94.2 cm³/mol. The molecule has 0 unspecified atom stereocenters. The third-order valence-corrected chi connectivity index (χ3v) is 5.33. The normalized spacial score (nSPS) is 24.2. The number of carbonyl (C=O) groups is 1. The SMILES string of the molecule is CC(C)CNC(=O)[C@H]1C[C@H](c2ccc(CN3CCCC3)c(F)c2)C1. The highest BCUT2D eigenvalue weighted by molar-refractivity contribution is 5.79. The monoisotopic (exact) mass is 332 g/mol. The maximum absolute atomic E-state index is 14.4. The van der Waals surface area contributed by atoms with E-state index in [0.29, 0.717) is 11.8 Å². The van der Waals surface area contributed by atoms with E-state index in [9.17, 15) is 9.18 Å². The van der Waals surface area contributed by atoms with Crippen molar-refractivity contribution >= 4 is 5.91 Å². The summed E-state index contributed by atoms with van der Waals surface area (Å²) in [5, 5.41) is 3.00. The van der Waals surface area contributed by atoms with Gasteiger partial charge in [-0.25, -0.2) is 4.39 Å². The number of amides is 1. The molecule has 3 rings (SSSR count). The molecule has 0 bridgehead atoms. The molecule has 2 aliphatic rings. The molecule has 1 N–H and O–H groups in total. The van der Waals surface area contributed by atoms with Crippen molar-refractivity contribution in [3.05, 3.63) is 35.1 Å². The summed E-state index contributed by atoms with van der Waals surface area (Å²) < 4.78 is 14.4. The summed E-state index contributed by atoms with van der Waals surface area (Å²) in [6, 6.07) is 5.69. The van der Waals surface area contributed by atoms with E-state index in [4.69, 9.17) is 0 Å². The largest absolute Gasteiger partial charge is 0.356 e. The van der Waals surface area contributed by atoms with Crippen molar-refractivity contribution in [3.63, 3.8) is 0 Å². The van der Waals surface area contributed by atoms with Gasteiger partial charge in [0.15, 0.2) is 0 Å². The Morgan fingerprint density at radius 1 is 1.29 bits per heavy atom. The summed E-state index contributed by atoms with van der Waals surface area (Å²) in [4.78, 5) is 14.3. The van der Waals surface area contributed by atoms with Crippen LogP contribution in [0.4, 0.5) is 4.39 Å². The number of benzene rings is 1. The Kier molecular flexibility index (Phi) is 5.54. The molecule has 1 aromatic carbocycles. The molecule has 2 fully saturated rings.